The average molecular weight is 272 g/mol. The molecule has 90 valence electrons. The Morgan fingerprint density at radius 2 is 2.29 bits per heavy atom. The van der Waals surface area contributed by atoms with Gasteiger partial charge in [0.1, 0.15) is 5.82 Å². The number of hydrogen-bond donors (Lipinski definition) is 1. The second kappa shape index (κ2) is 5.08. The van der Waals surface area contributed by atoms with E-state index in [9.17, 15) is 4.39 Å². The Labute approximate surface area is 108 Å². The molecule has 2 N–H and O–H groups in total. The molecule has 3 nitrogen and oxygen atoms in total. The van der Waals surface area contributed by atoms with E-state index in [1.54, 1.807) is 6.07 Å². The first-order chi connectivity index (χ1) is 8.08. The van der Waals surface area contributed by atoms with Crippen molar-refractivity contribution in [2.24, 2.45) is 5.73 Å². The van der Waals surface area contributed by atoms with Crippen LogP contribution in [0.3, 0.4) is 0 Å². The van der Waals surface area contributed by atoms with E-state index in [1.807, 2.05) is 6.92 Å². The highest BCUT2D eigenvalue weighted by Gasteiger charge is 2.14. The van der Waals surface area contributed by atoms with Crippen LogP contribution >= 0.6 is 23.1 Å². The van der Waals surface area contributed by atoms with Crippen LogP contribution in [0, 0.1) is 12.7 Å². The lowest BCUT2D eigenvalue weighted by molar-refractivity contribution is 0.622. The first-order valence-electron chi connectivity index (χ1n) is 5.06. The van der Waals surface area contributed by atoms with Crippen LogP contribution in [0.1, 0.15) is 22.2 Å². The van der Waals surface area contributed by atoms with Gasteiger partial charge in [0.05, 0.1) is 15.6 Å². The third kappa shape index (κ3) is 2.80. The van der Waals surface area contributed by atoms with E-state index < -0.39 is 5.82 Å². The van der Waals surface area contributed by atoms with Crippen molar-refractivity contribution >= 4 is 23.1 Å². The average Bonchev–Trinajstić information content (AvgIpc) is 2.70. The Morgan fingerprint density at radius 3 is 2.88 bits per heavy atom. The van der Waals surface area contributed by atoms with E-state index in [0.29, 0.717) is 6.42 Å². The van der Waals surface area contributed by atoms with Gasteiger partial charge >= 0.3 is 0 Å². The third-order valence-corrected chi connectivity index (χ3v) is 3.73. The van der Waals surface area contributed by atoms with E-state index in [1.165, 1.54) is 23.7 Å². The predicted molar refractivity (Wildman–Crippen MR) is 66.7 cm³/mol. The summed E-state index contributed by atoms with van der Waals surface area (Å²) >= 11 is 6.90. The van der Waals surface area contributed by atoms with E-state index in [4.69, 9.17) is 17.3 Å². The van der Waals surface area contributed by atoms with Crippen LogP contribution in [0.15, 0.2) is 18.2 Å². The maximum Gasteiger partial charge on any atom is 0.142 e. The van der Waals surface area contributed by atoms with Crippen LogP contribution in [0.4, 0.5) is 4.39 Å². The third-order valence-electron chi connectivity index (χ3n) is 2.46. The Balaban J connectivity index is 2.16. The molecule has 0 saturated heterocycles. The summed E-state index contributed by atoms with van der Waals surface area (Å²) in [6, 6.07) is 4.51. The van der Waals surface area contributed by atoms with Gasteiger partial charge in [0.2, 0.25) is 0 Å². The Hall–Kier alpha value is -1.04. The summed E-state index contributed by atoms with van der Waals surface area (Å²) in [5.74, 6) is -0.421. The van der Waals surface area contributed by atoms with Crippen LogP contribution in [0.2, 0.25) is 5.02 Å². The van der Waals surface area contributed by atoms with Gasteiger partial charge in [0.15, 0.2) is 0 Å². The van der Waals surface area contributed by atoms with Crippen molar-refractivity contribution in [3.63, 3.8) is 0 Å². The molecule has 0 amide bonds. The maximum absolute atomic E-state index is 13.3. The molecule has 0 aliphatic carbocycles. The minimum atomic E-state index is -0.421. The number of hydrogen-bond acceptors (Lipinski definition) is 4. The Morgan fingerprint density at radius 1 is 1.53 bits per heavy atom. The number of aromatic nitrogens is 2. The molecule has 2 aromatic rings. The van der Waals surface area contributed by atoms with E-state index in [2.05, 4.69) is 9.59 Å². The summed E-state index contributed by atoms with van der Waals surface area (Å²) < 4.78 is 17.1. The topological polar surface area (TPSA) is 51.8 Å². The summed E-state index contributed by atoms with van der Waals surface area (Å²) in [5, 5.41) is 4.03. The lowest BCUT2D eigenvalue weighted by atomic mass is 10.0. The molecule has 0 fully saturated rings. The fourth-order valence-corrected chi connectivity index (χ4v) is 2.35. The second-order valence-electron chi connectivity index (χ2n) is 3.78. The highest BCUT2D eigenvalue weighted by Crippen LogP contribution is 2.23. The molecule has 1 aromatic heterocycles. The number of rotatable bonds is 3. The summed E-state index contributed by atoms with van der Waals surface area (Å²) in [7, 11) is 0. The van der Waals surface area contributed by atoms with Gasteiger partial charge in [0, 0.05) is 6.04 Å². The molecule has 2 rings (SSSR count). The summed E-state index contributed by atoms with van der Waals surface area (Å²) in [6.07, 6.45) is 0.540. The van der Waals surface area contributed by atoms with E-state index in [-0.39, 0.29) is 11.1 Å². The zero-order chi connectivity index (χ0) is 12.4. The van der Waals surface area contributed by atoms with Crippen LogP contribution in [-0.2, 0) is 6.42 Å². The lowest BCUT2D eigenvalue weighted by Crippen LogP contribution is -2.13. The molecular formula is C11H11ClFN3S. The van der Waals surface area contributed by atoms with Crippen molar-refractivity contribution < 1.29 is 4.39 Å². The lowest BCUT2D eigenvalue weighted by Gasteiger charge is -2.10. The zero-order valence-corrected chi connectivity index (χ0v) is 10.7. The molecular weight excluding hydrogens is 261 g/mol. The smallest absolute Gasteiger partial charge is 0.142 e. The minimum Gasteiger partial charge on any atom is -0.323 e. The standard InChI is InChI=1S/C11H11ClFN3S/c1-6-11(17-16-15-6)10(14)5-7-2-3-8(12)9(13)4-7/h2-4,10H,5,14H2,1H3. The highest BCUT2D eigenvalue weighted by atomic mass is 35.5. The van der Waals surface area contributed by atoms with Crippen LogP contribution in [0.5, 0.6) is 0 Å². The predicted octanol–water partition coefficient (Wildman–Crippen LogP) is 2.88. The molecule has 0 radical (unpaired) electrons. The van der Waals surface area contributed by atoms with Crippen molar-refractivity contribution in [3.8, 4) is 0 Å². The largest absolute Gasteiger partial charge is 0.323 e. The van der Waals surface area contributed by atoms with Gasteiger partial charge < -0.3 is 5.73 Å². The summed E-state index contributed by atoms with van der Waals surface area (Å²) in [6.45, 7) is 1.86. The molecule has 0 aliphatic rings. The zero-order valence-electron chi connectivity index (χ0n) is 9.15. The van der Waals surface area contributed by atoms with Gasteiger partial charge in [-0.3, -0.25) is 0 Å². The Bertz CT molecular complexity index is 529. The molecule has 1 atom stereocenters. The van der Waals surface area contributed by atoms with Gasteiger partial charge in [0.25, 0.3) is 0 Å². The molecule has 6 heteroatoms. The molecule has 1 unspecified atom stereocenters. The molecule has 1 heterocycles. The number of nitrogens with two attached hydrogens (primary N) is 1. The van der Waals surface area contributed by atoms with E-state index in [0.717, 1.165) is 16.1 Å². The van der Waals surface area contributed by atoms with Gasteiger partial charge in [-0.25, -0.2) is 4.39 Å². The van der Waals surface area contributed by atoms with Gasteiger partial charge in [-0.1, -0.05) is 22.2 Å². The van der Waals surface area contributed by atoms with Gasteiger partial charge in [-0.2, -0.15) is 0 Å². The van der Waals surface area contributed by atoms with Crippen LogP contribution in [-0.4, -0.2) is 9.59 Å². The molecule has 0 saturated carbocycles. The molecule has 1 aromatic carbocycles. The fraction of sp³-hybridized carbons (Fsp3) is 0.273. The normalized spacial score (nSPS) is 12.7. The Kier molecular flexibility index (Phi) is 3.71. The van der Waals surface area contributed by atoms with Crippen LogP contribution in [0.25, 0.3) is 0 Å². The van der Waals surface area contributed by atoms with Crippen LogP contribution < -0.4 is 5.73 Å². The number of aryl methyl sites for hydroxylation is 1. The fourth-order valence-electron chi connectivity index (χ4n) is 1.59. The first-order valence-corrected chi connectivity index (χ1v) is 6.21. The monoisotopic (exact) mass is 271 g/mol. The first kappa shape index (κ1) is 12.4. The molecule has 0 aliphatic heterocycles. The molecule has 0 spiro atoms. The van der Waals surface area contributed by atoms with Crippen molar-refractivity contribution in [3.05, 3.63) is 45.2 Å². The second-order valence-corrected chi connectivity index (χ2v) is 4.97. The van der Waals surface area contributed by atoms with Crippen molar-refractivity contribution in [1.29, 1.82) is 0 Å². The van der Waals surface area contributed by atoms with Gasteiger partial charge in [-0.05, 0) is 42.6 Å². The highest BCUT2D eigenvalue weighted by molar-refractivity contribution is 7.05. The van der Waals surface area contributed by atoms with Crippen molar-refractivity contribution in [1.82, 2.24) is 9.59 Å². The van der Waals surface area contributed by atoms with Crippen molar-refractivity contribution in [2.75, 3.05) is 0 Å². The van der Waals surface area contributed by atoms with Gasteiger partial charge in [-0.15, -0.1) is 5.10 Å². The summed E-state index contributed by atoms with van der Waals surface area (Å²) in [5.41, 5.74) is 7.68. The maximum atomic E-state index is 13.3. The summed E-state index contributed by atoms with van der Waals surface area (Å²) in [4.78, 5) is 0.931. The molecule has 17 heavy (non-hydrogen) atoms. The SMILES string of the molecule is Cc1nnsc1C(N)Cc1ccc(Cl)c(F)c1. The number of halogens is 2. The number of nitrogens with zero attached hydrogens (tertiary/aromatic N) is 2. The van der Waals surface area contributed by atoms with Crippen molar-refractivity contribution in [2.45, 2.75) is 19.4 Å². The number of benzene rings is 1. The molecule has 0 bridgehead atoms. The minimum absolute atomic E-state index is 0.123. The quantitative estimate of drug-likeness (QED) is 0.934. The van der Waals surface area contributed by atoms with E-state index >= 15 is 0 Å².